The van der Waals surface area contributed by atoms with Crippen LogP contribution >= 0.6 is 11.3 Å². The summed E-state index contributed by atoms with van der Waals surface area (Å²) in [6, 6.07) is 7.96. The molecule has 0 atom stereocenters. The number of ketones is 1. The third-order valence-electron chi connectivity index (χ3n) is 3.18. The molecular weight excluding hydrogens is 228 g/mol. The van der Waals surface area contributed by atoms with Gasteiger partial charge in [0.15, 0.2) is 0 Å². The second kappa shape index (κ2) is 4.84. The van der Waals surface area contributed by atoms with Gasteiger partial charge in [0.05, 0.1) is 4.88 Å². The van der Waals surface area contributed by atoms with Gasteiger partial charge in [-0.25, -0.2) is 0 Å². The molecule has 0 fully saturated rings. The van der Waals surface area contributed by atoms with Crippen LogP contribution in [0.25, 0.3) is 0 Å². The molecule has 2 heteroatoms. The highest BCUT2D eigenvalue weighted by Crippen LogP contribution is 2.23. The molecule has 0 aliphatic carbocycles. The Balaban J connectivity index is 2.48. The molecule has 1 aromatic heterocycles. The summed E-state index contributed by atoms with van der Waals surface area (Å²) < 4.78 is 0. The van der Waals surface area contributed by atoms with Gasteiger partial charge in [-0.3, -0.25) is 4.79 Å². The average molecular weight is 244 g/mol. The van der Waals surface area contributed by atoms with E-state index in [2.05, 4.69) is 6.92 Å². The quantitative estimate of drug-likeness (QED) is 0.741. The van der Waals surface area contributed by atoms with Gasteiger partial charge in [-0.05, 0) is 48.4 Å². The van der Waals surface area contributed by atoms with Crippen molar-refractivity contribution in [3.8, 4) is 0 Å². The molecule has 0 saturated heterocycles. The van der Waals surface area contributed by atoms with E-state index in [1.165, 1.54) is 5.56 Å². The lowest BCUT2D eigenvalue weighted by molar-refractivity contribution is 0.104. The SMILES string of the molecule is CCc1ccsc1C(=O)c1cccc(C)c1C. The van der Waals surface area contributed by atoms with Crippen LogP contribution in [0.1, 0.15) is 38.8 Å². The molecule has 88 valence electrons. The first-order valence-corrected chi connectivity index (χ1v) is 6.70. The predicted octanol–water partition coefficient (Wildman–Crippen LogP) is 4.16. The van der Waals surface area contributed by atoms with Gasteiger partial charge in [-0.1, -0.05) is 25.1 Å². The van der Waals surface area contributed by atoms with Crippen molar-refractivity contribution in [2.75, 3.05) is 0 Å². The van der Waals surface area contributed by atoms with Crippen LogP contribution in [-0.2, 0) is 6.42 Å². The van der Waals surface area contributed by atoms with Crippen molar-refractivity contribution in [2.24, 2.45) is 0 Å². The number of carbonyl (C=O) groups excluding carboxylic acids is 1. The fourth-order valence-corrected chi connectivity index (χ4v) is 2.88. The Morgan fingerprint density at radius 3 is 2.71 bits per heavy atom. The molecule has 1 nitrogen and oxygen atoms in total. The molecule has 17 heavy (non-hydrogen) atoms. The molecule has 2 rings (SSSR count). The van der Waals surface area contributed by atoms with Gasteiger partial charge in [0.2, 0.25) is 5.78 Å². The lowest BCUT2D eigenvalue weighted by atomic mass is 9.98. The van der Waals surface area contributed by atoms with Crippen molar-refractivity contribution in [3.05, 3.63) is 56.8 Å². The summed E-state index contributed by atoms with van der Waals surface area (Å²) in [5.41, 5.74) is 4.25. The van der Waals surface area contributed by atoms with Crippen LogP contribution in [0.15, 0.2) is 29.6 Å². The second-order valence-corrected chi connectivity index (χ2v) is 5.12. The van der Waals surface area contributed by atoms with E-state index in [4.69, 9.17) is 0 Å². The zero-order chi connectivity index (χ0) is 12.4. The zero-order valence-corrected chi connectivity index (χ0v) is 11.2. The third kappa shape index (κ3) is 2.18. The lowest BCUT2D eigenvalue weighted by Crippen LogP contribution is -2.04. The first-order valence-electron chi connectivity index (χ1n) is 5.82. The summed E-state index contributed by atoms with van der Waals surface area (Å²) in [4.78, 5) is 13.4. The standard InChI is InChI=1S/C15H16OS/c1-4-12-8-9-17-15(12)14(16)13-7-5-6-10(2)11(13)3/h5-9H,4H2,1-3H3. The van der Waals surface area contributed by atoms with E-state index >= 15 is 0 Å². The molecule has 1 heterocycles. The zero-order valence-electron chi connectivity index (χ0n) is 10.4. The number of aryl methyl sites for hydroxylation is 2. The van der Waals surface area contributed by atoms with E-state index < -0.39 is 0 Å². The minimum absolute atomic E-state index is 0.165. The number of benzene rings is 1. The van der Waals surface area contributed by atoms with Gasteiger partial charge < -0.3 is 0 Å². The number of hydrogen-bond acceptors (Lipinski definition) is 2. The topological polar surface area (TPSA) is 17.1 Å². The molecule has 0 saturated carbocycles. The molecule has 0 spiro atoms. The second-order valence-electron chi connectivity index (χ2n) is 4.21. The van der Waals surface area contributed by atoms with Gasteiger partial charge in [0, 0.05) is 5.56 Å². The maximum absolute atomic E-state index is 12.5. The fourth-order valence-electron chi connectivity index (χ4n) is 1.93. The number of rotatable bonds is 3. The molecule has 0 radical (unpaired) electrons. The minimum atomic E-state index is 0.165. The molecule has 2 aromatic rings. The van der Waals surface area contributed by atoms with Crippen LogP contribution in [0, 0.1) is 13.8 Å². The highest BCUT2D eigenvalue weighted by atomic mass is 32.1. The van der Waals surface area contributed by atoms with Crippen LogP contribution in [-0.4, -0.2) is 5.78 Å². The largest absolute Gasteiger partial charge is 0.288 e. The Labute approximate surface area is 106 Å². The molecule has 1 aromatic carbocycles. The van der Waals surface area contributed by atoms with Crippen molar-refractivity contribution in [3.63, 3.8) is 0 Å². The van der Waals surface area contributed by atoms with Crippen LogP contribution in [0.5, 0.6) is 0 Å². The van der Waals surface area contributed by atoms with E-state index in [1.807, 2.05) is 43.5 Å². The van der Waals surface area contributed by atoms with E-state index in [9.17, 15) is 4.79 Å². The van der Waals surface area contributed by atoms with Gasteiger partial charge >= 0.3 is 0 Å². The number of hydrogen-bond donors (Lipinski definition) is 0. The maximum Gasteiger partial charge on any atom is 0.203 e. The normalized spacial score (nSPS) is 10.5. The van der Waals surface area contributed by atoms with E-state index in [0.717, 1.165) is 28.0 Å². The van der Waals surface area contributed by atoms with Gasteiger partial charge in [-0.15, -0.1) is 11.3 Å². The van der Waals surface area contributed by atoms with E-state index in [-0.39, 0.29) is 5.78 Å². The third-order valence-corrected chi connectivity index (χ3v) is 4.14. The molecule has 0 N–H and O–H groups in total. The number of carbonyl (C=O) groups is 1. The molecule has 0 bridgehead atoms. The fraction of sp³-hybridized carbons (Fsp3) is 0.267. The van der Waals surface area contributed by atoms with Crippen LogP contribution < -0.4 is 0 Å². The molecule has 0 unspecified atom stereocenters. The summed E-state index contributed by atoms with van der Waals surface area (Å²) in [6.45, 7) is 6.14. The number of thiophene rings is 1. The van der Waals surface area contributed by atoms with Crippen molar-refractivity contribution in [1.82, 2.24) is 0 Å². The van der Waals surface area contributed by atoms with Gasteiger partial charge in [0.25, 0.3) is 0 Å². The molecule has 0 aliphatic rings. The van der Waals surface area contributed by atoms with Crippen molar-refractivity contribution in [1.29, 1.82) is 0 Å². The average Bonchev–Trinajstić information content (AvgIpc) is 2.80. The van der Waals surface area contributed by atoms with Crippen molar-refractivity contribution >= 4 is 17.1 Å². The molecule has 0 amide bonds. The van der Waals surface area contributed by atoms with Crippen LogP contribution in [0.3, 0.4) is 0 Å². The lowest BCUT2D eigenvalue weighted by Gasteiger charge is -2.07. The highest BCUT2D eigenvalue weighted by molar-refractivity contribution is 7.12. The Hall–Kier alpha value is -1.41. The summed E-state index contributed by atoms with van der Waals surface area (Å²) in [5, 5.41) is 2.00. The van der Waals surface area contributed by atoms with E-state index in [0.29, 0.717) is 0 Å². The Kier molecular flexibility index (Phi) is 3.43. The summed E-state index contributed by atoms with van der Waals surface area (Å²) >= 11 is 1.54. The smallest absolute Gasteiger partial charge is 0.203 e. The summed E-state index contributed by atoms with van der Waals surface area (Å²) in [7, 11) is 0. The van der Waals surface area contributed by atoms with Crippen molar-refractivity contribution < 1.29 is 4.79 Å². The minimum Gasteiger partial charge on any atom is -0.288 e. The van der Waals surface area contributed by atoms with Crippen LogP contribution in [0.4, 0.5) is 0 Å². The Morgan fingerprint density at radius 2 is 2.00 bits per heavy atom. The Bertz CT molecular complexity index is 552. The monoisotopic (exact) mass is 244 g/mol. The van der Waals surface area contributed by atoms with Crippen LogP contribution in [0.2, 0.25) is 0 Å². The van der Waals surface area contributed by atoms with Gasteiger partial charge in [0.1, 0.15) is 0 Å². The van der Waals surface area contributed by atoms with E-state index in [1.54, 1.807) is 11.3 Å². The summed E-state index contributed by atoms with van der Waals surface area (Å²) in [5.74, 6) is 0.165. The predicted molar refractivity (Wildman–Crippen MR) is 73.0 cm³/mol. The maximum atomic E-state index is 12.5. The molecular formula is C15H16OS. The highest BCUT2D eigenvalue weighted by Gasteiger charge is 2.16. The molecule has 0 aliphatic heterocycles. The first-order chi connectivity index (χ1) is 8.15. The Morgan fingerprint density at radius 1 is 1.24 bits per heavy atom. The van der Waals surface area contributed by atoms with Crippen molar-refractivity contribution in [2.45, 2.75) is 27.2 Å². The van der Waals surface area contributed by atoms with Gasteiger partial charge in [-0.2, -0.15) is 0 Å². The first kappa shape index (κ1) is 12.1. The summed E-state index contributed by atoms with van der Waals surface area (Å²) in [6.07, 6.45) is 0.912.